The van der Waals surface area contributed by atoms with E-state index < -0.39 is 17.0 Å². The first-order chi connectivity index (χ1) is 13.4. The number of likely N-dealkylation sites (N-methyl/N-ethyl adjacent to an activating group) is 1. The van der Waals surface area contributed by atoms with E-state index in [0.717, 1.165) is 38.1 Å². The SMILES string of the molecule is CCN(CC)CC(=O)N1CC[C@@]2(CCCN(Cc3ccc(F)c(F)c3)C2=O)C1. The summed E-state index contributed by atoms with van der Waals surface area (Å²) in [5, 5.41) is 0. The fourth-order valence-electron chi connectivity index (χ4n) is 4.36. The molecule has 0 N–H and O–H groups in total. The summed E-state index contributed by atoms with van der Waals surface area (Å²) in [4.78, 5) is 31.5. The third kappa shape index (κ3) is 4.19. The Hall–Kier alpha value is -2.02. The number of benzene rings is 1. The fourth-order valence-corrected chi connectivity index (χ4v) is 4.36. The number of halogens is 2. The normalized spacial score (nSPS) is 22.5. The Morgan fingerprint density at radius 2 is 1.89 bits per heavy atom. The van der Waals surface area contributed by atoms with Gasteiger partial charge >= 0.3 is 0 Å². The minimum absolute atomic E-state index is 0.0293. The van der Waals surface area contributed by atoms with Crippen molar-refractivity contribution in [2.45, 2.75) is 39.7 Å². The van der Waals surface area contributed by atoms with E-state index in [1.165, 1.54) is 6.07 Å². The molecule has 2 saturated heterocycles. The lowest BCUT2D eigenvalue weighted by Crippen LogP contribution is -2.50. The highest BCUT2D eigenvalue weighted by atomic mass is 19.2. The summed E-state index contributed by atoms with van der Waals surface area (Å²) < 4.78 is 26.7. The zero-order valence-corrected chi connectivity index (χ0v) is 16.7. The molecule has 1 aromatic carbocycles. The van der Waals surface area contributed by atoms with Gasteiger partial charge in [-0.1, -0.05) is 19.9 Å². The van der Waals surface area contributed by atoms with E-state index >= 15 is 0 Å². The van der Waals surface area contributed by atoms with Gasteiger partial charge in [0.15, 0.2) is 11.6 Å². The highest BCUT2D eigenvalue weighted by molar-refractivity contribution is 5.86. The molecule has 1 spiro atoms. The molecular formula is C21H29F2N3O2. The number of carbonyl (C=O) groups excluding carboxylic acids is 2. The lowest BCUT2D eigenvalue weighted by atomic mass is 9.78. The van der Waals surface area contributed by atoms with Gasteiger partial charge in [-0.2, -0.15) is 0 Å². The van der Waals surface area contributed by atoms with Crippen LogP contribution in [-0.4, -0.2) is 65.8 Å². The predicted molar refractivity (Wildman–Crippen MR) is 102 cm³/mol. The van der Waals surface area contributed by atoms with Crippen molar-refractivity contribution < 1.29 is 18.4 Å². The zero-order chi connectivity index (χ0) is 20.3. The van der Waals surface area contributed by atoms with Crippen LogP contribution in [0.4, 0.5) is 8.78 Å². The maximum Gasteiger partial charge on any atom is 0.236 e. The van der Waals surface area contributed by atoms with Crippen molar-refractivity contribution in [2.75, 3.05) is 39.3 Å². The van der Waals surface area contributed by atoms with Gasteiger partial charge in [0, 0.05) is 26.2 Å². The van der Waals surface area contributed by atoms with Crippen molar-refractivity contribution in [2.24, 2.45) is 5.41 Å². The molecule has 0 aliphatic carbocycles. The standard InChI is InChI=1S/C21H29F2N3O2/c1-3-24(4-2)14-19(27)26-11-9-21(15-26)8-5-10-25(20(21)28)13-16-6-7-17(22)18(23)12-16/h6-7,12H,3-5,8-11,13-15H2,1-2H3/t21-/m0/s1. The van der Waals surface area contributed by atoms with E-state index in [0.29, 0.717) is 38.2 Å². The van der Waals surface area contributed by atoms with Gasteiger partial charge < -0.3 is 9.80 Å². The molecule has 2 fully saturated rings. The number of likely N-dealkylation sites (tertiary alicyclic amines) is 2. The number of nitrogens with zero attached hydrogens (tertiary/aromatic N) is 3. The smallest absolute Gasteiger partial charge is 0.236 e. The molecule has 2 aliphatic heterocycles. The Kier molecular flexibility index (Phi) is 6.33. The molecule has 7 heteroatoms. The maximum atomic E-state index is 13.5. The lowest BCUT2D eigenvalue weighted by Gasteiger charge is -2.39. The van der Waals surface area contributed by atoms with E-state index in [1.807, 2.05) is 18.7 Å². The molecule has 28 heavy (non-hydrogen) atoms. The van der Waals surface area contributed by atoms with Gasteiger partial charge in [-0.05, 0) is 50.0 Å². The summed E-state index contributed by atoms with van der Waals surface area (Å²) in [6.07, 6.45) is 2.30. The first-order valence-corrected chi connectivity index (χ1v) is 10.1. The summed E-state index contributed by atoms with van der Waals surface area (Å²) >= 11 is 0. The molecule has 1 atom stereocenters. The van der Waals surface area contributed by atoms with Gasteiger partial charge in [0.2, 0.25) is 11.8 Å². The quantitative estimate of drug-likeness (QED) is 0.746. The first kappa shape index (κ1) is 20.7. The zero-order valence-electron chi connectivity index (χ0n) is 16.7. The number of hydrogen-bond acceptors (Lipinski definition) is 3. The van der Waals surface area contributed by atoms with E-state index in [-0.39, 0.29) is 18.4 Å². The van der Waals surface area contributed by atoms with Crippen molar-refractivity contribution in [1.29, 1.82) is 0 Å². The minimum Gasteiger partial charge on any atom is -0.340 e. The highest BCUT2D eigenvalue weighted by Crippen LogP contribution is 2.40. The second-order valence-electron chi connectivity index (χ2n) is 7.89. The van der Waals surface area contributed by atoms with E-state index in [2.05, 4.69) is 4.90 Å². The van der Waals surface area contributed by atoms with Crippen molar-refractivity contribution in [3.8, 4) is 0 Å². The highest BCUT2D eigenvalue weighted by Gasteiger charge is 2.49. The van der Waals surface area contributed by atoms with Gasteiger partial charge in [-0.15, -0.1) is 0 Å². The summed E-state index contributed by atoms with van der Waals surface area (Å²) in [6.45, 7) is 8.02. The monoisotopic (exact) mass is 393 g/mol. The van der Waals surface area contributed by atoms with Crippen molar-refractivity contribution >= 4 is 11.8 Å². The van der Waals surface area contributed by atoms with Crippen LogP contribution in [0.25, 0.3) is 0 Å². The topological polar surface area (TPSA) is 43.9 Å². The lowest BCUT2D eigenvalue weighted by molar-refractivity contribution is -0.147. The van der Waals surface area contributed by atoms with Crippen LogP contribution >= 0.6 is 0 Å². The summed E-state index contributed by atoms with van der Waals surface area (Å²) in [5.74, 6) is -1.68. The maximum absolute atomic E-state index is 13.5. The molecule has 0 bridgehead atoms. The van der Waals surface area contributed by atoms with E-state index in [4.69, 9.17) is 0 Å². The Labute approximate surface area is 165 Å². The van der Waals surface area contributed by atoms with Gasteiger partial charge in [0.05, 0.1) is 12.0 Å². The van der Waals surface area contributed by atoms with Crippen molar-refractivity contribution in [3.63, 3.8) is 0 Å². The van der Waals surface area contributed by atoms with Crippen LogP contribution in [0.3, 0.4) is 0 Å². The molecule has 1 aromatic rings. The molecule has 3 rings (SSSR count). The van der Waals surface area contributed by atoms with Crippen molar-refractivity contribution in [3.05, 3.63) is 35.4 Å². The van der Waals surface area contributed by atoms with Gasteiger partial charge in [0.1, 0.15) is 0 Å². The van der Waals surface area contributed by atoms with E-state index in [1.54, 1.807) is 4.90 Å². The van der Waals surface area contributed by atoms with Crippen LogP contribution in [0.2, 0.25) is 0 Å². The summed E-state index contributed by atoms with van der Waals surface area (Å²) in [6, 6.07) is 3.76. The van der Waals surface area contributed by atoms with Gasteiger partial charge in [0.25, 0.3) is 0 Å². The second kappa shape index (κ2) is 8.55. The van der Waals surface area contributed by atoms with Gasteiger partial charge in [-0.3, -0.25) is 14.5 Å². The molecule has 154 valence electrons. The summed E-state index contributed by atoms with van der Waals surface area (Å²) in [7, 11) is 0. The van der Waals surface area contributed by atoms with E-state index in [9.17, 15) is 18.4 Å². The number of rotatable bonds is 6. The average Bonchev–Trinajstić information content (AvgIpc) is 3.11. The Morgan fingerprint density at radius 3 is 2.57 bits per heavy atom. The molecular weight excluding hydrogens is 364 g/mol. The number of carbonyl (C=O) groups is 2. The number of hydrogen-bond donors (Lipinski definition) is 0. The molecule has 2 heterocycles. The molecule has 0 unspecified atom stereocenters. The van der Waals surface area contributed by atoms with Gasteiger partial charge in [-0.25, -0.2) is 8.78 Å². The van der Waals surface area contributed by atoms with Crippen LogP contribution in [-0.2, 0) is 16.1 Å². The van der Waals surface area contributed by atoms with Crippen LogP contribution in [0.1, 0.15) is 38.7 Å². The second-order valence-corrected chi connectivity index (χ2v) is 7.89. The fraction of sp³-hybridized carbons (Fsp3) is 0.619. The largest absolute Gasteiger partial charge is 0.340 e. The molecule has 2 aliphatic rings. The number of amides is 2. The molecule has 0 aromatic heterocycles. The third-order valence-corrected chi connectivity index (χ3v) is 6.14. The Morgan fingerprint density at radius 1 is 1.14 bits per heavy atom. The molecule has 0 saturated carbocycles. The Balaban J connectivity index is 1.66. The number of piperidine rings is 1. The summed E-state index contributed by atoms with van der Waals surface area (Å²) in [5.41, 5.74) is 0.0483. The first-order valence-electron chi connectivity index (χ1n) is 10.1. The molecule has 0 radical (unpaired) electrons. The van der Waals surface area contributed by atoms with Crippen LogP contribution in [0.5, 0.6) is 0 Å². The van der Waals surface area contributed by atoms with Crippen LogP contribution in [0.15, 0.2) is 18.2 Å². The van der Waals surface area contributed by atoms with Crippen molar-refractivity contribution in [1.82, 2.24) is 14.7 Å². The Bertz CT molecular complexity index is 738. The molecule has 2 amide bonds. The third-order valence-electron chi connectivity index (χ3n) is 6.14. The predicted octanol–water partition coefficient (Wildman–Crippen LogP) is 2.65. The molecule has 5 nitrogen and oxygen atoms in total. The average molecular weight is 393 g/mol. The van der Waals surface area contributed by atoms with Crippen LogP contribution in [0, 0.1) is 17.0 Å². The minimum atomic E-state index is -0.897. The van der Waals surface area contributed by atoms with Crippen LogP contribution < -0.4 is 0 Å².